The average Bonchev–Trinajstić information content (AvgIpc) is 3.07. The van der Waals surface area contributed by atoms with E-state index in [1.807, 2.05) is 42.3 Å². The largest absolute Gasteiger partial charge is 0.494 e. The van der Waals surface area contributed by atoms with Crippen LogP contribution in [0, 0.1) is 0 Å². The van der Waals surface area contributed by atoms with Crippen molar-refractivity contribution in [3.63, 3.8) is 0 Å². The molecule has 0 saturated carbocycles. The summed E-state index contributed by atoms with van der Waals surface area (Å²) in [4.78, 5) is 35.7. The van der Waals surface area contributed by atoms with Gasteiger partial charge in [0.25, 0.3) is 5.91 Å². The van der Waals surface area contributed by atoms with Crippen LogP contribution in [0.5, 0.6) is 5.75 Å². The summed E-state index contributed by atoms with van der Waals surface area (Å²) in [5.41, 5.74) is 2.74. The first-order chi connectivity index (χ1) is 19.0. The lowest BCUT2D eigenvalue weighted by Gasteiger charge is -2.40. The van der Waals surface area contributed by atoms with Crippen LogP contribution in [0.15, 0.2) is 42.7 Å². The van der Waals surface area contributed by atoms with Gasteiger partial charge >= 0.3 is 0 Å². The summed E-state index contributed by atoms with van der Waals surface area (Å²) in [6.07, 6.45) is 9.83. The van der Waals surface area contributed by atoms with Crippen molar-refractivity contribution in [2.45, 2.75) is 38.1 Å². The molecule has 1 aromatic carbocycles. The number of benzene rings is 1. The number of likely N-dealkylation sites (tertiary alicyclic amines) is 1. The second-order valence-electron chi connectivity index (χ2n) is 10.5. The molecular weight excluding hydrogens is 492 g/mol. The molecule has 2 fully saturated rings. The van der Waals surface area contributed by atoms with Crippen LogP contribution in [-0.4, -0.2) is 79.2 Å². The van der Waals surface area contributed by atoms with E-state index in [0.717, 1.165) is 24.6 Å². The number of methoxy groups -OCH3 is 1. The molecule has 0 atom stereocenters. The van der Waals surface area contributed by atoms with E-state index >= 15 is 0 Å². The Morgan fingerprint density at radius 1 is 0.923 bits per heavy atom. The Morgan fingerprint density at radius 2 is 1.69 bits per heavy atom. The number of rotatable bonds is 5. The van der Waals surface area contributed by atoms with Crippen LogP contribution in [0.25, 0.3) is 0 Å². The number of para-hydroxylation sites is 1. The van der Waals surface area contributed by atoms with Crippen LogP contribution in [0.2, 0.25) is 0 Å². The number of pyridine rings is 1. The molecule has 0 spiro atoms. The topological polar surface area (TPSA) is 90.0 Å². The van der Waals surface area contributed by atoms with Gasteiger partial charge in [0.1, 0.15) is 22.9 Å². The Bertz CT molecular complexity index is 1350. The van der Waals surface area contributed by atoms with E-state index in [1.165, 1.54) is 45.2 Å². The van der Waals surface area contributed by atoms with Crippen molar-refractivity contribution < 1.29 is 9.53 Å². The first kappa shape index (κ1) is 25.4. The lowest BCUT2D eigenvalue weighted by atomic mass is 10.00. The summed E-state index contributed by atoms with van der Waals surface area (Å²) < 4.78 is 5.74. The first-order valence-electron chi connectivity index (χ1n) is 13.8. The number of fused-ring (bicyclic) bond motifs is 2. The SMILES string of the molecule is COc1cc(N2CCC(N3CCCCC3)CC2)ncc1Nc1ncc2c(n1)N(C)c1ccccc1C(=O)N2C. The molecule has 2 aromatic heterocycles. The van der Waals surface area contributed by atoms with Gasteiger partial charge in [0.15, 0.2) is 5.82 Å². The molecular formula is C29H36N8O2. The smallest absolute Gasteiger partial charge is 0.260 e. The van der Waals surface area contributed by atoms with E-state index in [9.17, 15) is 4.79 Å². The number of hydrogen-bond donors (Lipinski definition) is 1. The average molecular weight is 529 g/mol. The fourth-order valence-corrected chi connectivity index (χ4v) is 5.99. The lowest BCUT2D eigenvalue weighted by molar-refractivity contribution is 0.0994. The second-order valence-corrected chi connectivity index (χ2v) is 10.5. The second kappa shape index (κ2) is 10.7. The summed E-state index contributed by atoms with van der Waals surface area (Å²) in [6.45, 7) is 4.49. The van der Waals surface area contributed by atoms with Gasteiger partial charge in [-0.25, -0.2) is 9.97 Å². The molecule has 10 heteroatoms. The zero-order valence-corrected chi connectivity index (χ0v) is 22.9. The minimum Gasteiger partial charge on any atom is -0.494 e. The molecule has 2 saturated heterocycles. The van der Waals surface area contributed by atoms with Crippen LogP contribution in [0.1, 0.15) is 42.5 Å². The normalized spacial score (nSPS) is 18.4. The lowest BCUT2D eigenvalue weighted by Crippen LogP contribution is -2.46. The molecule has 3 aromatic rings. The quantitative estimate of drug-likeness (QED) is 0.516. The Morgan fingerprint density at radius 3 is 2.46 bits per heavy atom. The predicted octanol–water partition coefficient (Wildman–Crippen LogP) is 4.44. The van der Waals surface area contributed by atoms with Crippen molar-refractivity contribution in [1.29, 1.82) is 0 Å². The van der Waals surface area contributed by atoms with Gasteiger partial charge < -0.3 is 29.7 Å². The van der Waals surface area contributed by atoms with Crippen molar-refractivity contribution in [3.8, 4) is 5.75 Å². The number of nitrogens with one attached hydrogen (secondary N) is 1. The van der Waals surface area contributed by atoms with E-state index in [-0.39, 0.29) is 5.91 Å². The maximum Gasteiger partial charge on any atom is 0.260 e. The fourth-order valence-electron chi connectivity index (χ4n) is 5.99. The fraction of sp³-hybridized carbons (Fsp3) is 0.448. The van der Waals surface area contributed by atoms with Crippen LogP contribution in [0.4, 0.5) is 34.6 Å². The summed E-state index contributed by atoms with van der Waals surface area (Å²) in [5.74, 6) is 2.54. The highest BCUT2D eigenvalue weighted by atomic mass is 16.5. The van der Waals surface area contributed by atoms with Gasteiger partial charge in [-0.2, -0.15) is 4.98 Å². The Hall–Kier alpha value is -3.92. The maximum absolute atomic E-state index is 13.1. The number of carbonyl (C=O) groups is 1. The van der Waals surface area contributed by atoms with E-state index in [2.05, 4.69) is 20.1 Å². The van der Waals surface area contributed by atoms with Gasteiger partial charge in [0, 0.05) is 39.3 Å². The molecule has 0 unspecified atom stereocenters. The van der Waals surface area contributed by atoms with E-state index < -0.39 is 0 Å². The molecule has 1 amide bonds. The van der Waals surface area contributed by atoms with E-state index in [0.29, 0.717) is 40.5 Å². The predicted molar refractivity (Wildman–Crippen MR) is 154 cm³/mol. The minimum absolute atomic E-state index is 0.0954. The molecule has 39 heavy (non-hydrogen) atoms. The Balaban J connectivity index is 1.20. The van der Waals surface area contributed by atoms with Crippen molar-refractivity contribution in [1.82, 2.24) is 19.9 Å². The summed E-state index contributed by atoms with van der Waals surface area (Å²) in [5, 5.41) is 3.28. The standard InChI is InChI=1S/C29H36N8O2/c1-34-23-10-6-5-9-21(23)28(38)35(2)24-19-31-29(33-27(24)34)32-22-18-30-26(17-25(22)39-3)37-15-11-20(12-16-37)36-13-7-4-8-14-36/h5-6,9-10,17-20H,4,7-8,11-16H2,1-3H3,(H,31,32,33). The summed E-state index contributed by atoms with van der Waals surface area (Å²) >= 11 is 0. The highest BCUT2D eigenvalue weighted by Crippen LogP contribution is 2.38. The number of anilines is 6. The molecule has 5 heterocycles. The third-order valence-corrected chi connectivity index (χ3v) is 8.24. The number of amides is 1. The molecule has 0 aliphatic carbocycles. The number of piperidine rings is 2. The van der Waals surface area contributed by atoms with Crippen LogP contribution in [0.3, 0.4) is 0 Å². The molecule has 3 aliphatic rings. The van der Waals surface area contributed by atoms with Crippen molar-refractivity contribution >= 4 is 40.6 Å². The van der Waals surface area contributed by atoms with Crippen molar-refractivity contribution in [2.24, 2.45) is 0 Å². The van der Waals surface area contributed by atoms with Gasteiger partial charge in [-0.05, 0) is 50.9 Å². The zero-order chi connectivity index (χ0) is 26.9. The number of hydrogen-bond acceptors (Lipinski definition) is 9. The van der Waals surface area contributed by atoms with Crippen molar-refractivity contribution in [3.05, 3.63) is 48.3 Å². The molecule has 10 nitrogen and oxygen atoms in total. The third kappa shape index (κ3) is 4.85. The van der Waals surface area contributed by atoms with Gasteiger partial charge in [0.05, 0.1) is 30.8 Å². The molecule has 0 bridgehead atoms. The summed E-state index contributed by atoms with van der Waals surface area (Å²) in [7, 11) is 5.32. The van der Waals surface area contributed by atoms with Gasteiger partial charge in [-0.1, -0.05) is 18.6 Å². The maximum atomic E-state index is 13.1. The number of nitrogens with zero attached hydrogens (tertiary/aromatic N) is 7. The number of aromatic nitrogens is 3. The zero-order valence-electron chi connectivity index (χ0n) is 22.9. The molecule has 6 rings (SSSR count). The van der Waals surface area contributed by atoms with Crippen molar-refractivity contribution in [2.75, 3.05) is 67.4 Å². The summed E-state index contributed by atoms with van der Waals surface area (Å²) in [6, 6.07) is 10.2. The molecule has 1 N–H and O–H groups in total. The number of carbonyl (C=O) groups excluding carboxylic acids is 1. The van der Waals surface area contributed by atoms with Gasteiger partial charge in [-0.3, -0.25) is 4.79 Å². The number of ether oxygens (including phenoxy) is 1. The highest BCUT2D eigenvalue weighted by molar-refractivity contribution is 6.13. The Labute approximate surface area is 229 Å². The van der Waals surface area contributed by atoms with Gasteiger partial charge in [0.2, 0.25) is 5.95 Å². The monoisotopic (exact) mass is 528 g/mol. The Kier molecular flexibility index (Phi) is 6.95. The third-order valence-electron chi connectivity index (χ3n) is 8.24. The molecule has 3 aliphatic heterocycles. The van der Waals surface area contributed by atoms with Crippen LogP contribution < -0.4 is 24.8 Å². The molecule has 0 radical (unpaired) electrons. The van der Waals surface area contributed by atoms with Gasteiger partial charge in [-0.15, -0.1) is 0 Å². The highest BCUT2D eigenvalue weighted by Gasteiger charge is 2.29. The first-order valence-corrected chi connectivity index (χ1v) is 13.8. The minimum atomic E-state index is -0.0954. The van der Waals surface area contributed by atoms with E-state index in [4.69, 9.17) is 14.7 Å². The molecule has 204 valence electrons. The van der Waals surface area contributed by atoms with Crippen LogP contribution in [-0.2, 0) is 0 Å². The van der Waals surface area contributed by atoms with Crippen LogP contribution >= 0.6 is 0 Å². The van der Waals surface area contributed by atoms with E-state index in [1.54, 1.807) is 31.5 Å².